The van der Waals surface area contributed by atoms with Gasteiger partial charge in [0.05, 0.1) is 12.6 Å². The van der Waals surface area contributed by atoms with E-state index in [1.54, 1.807) is 40.5 Å². The number of rotatable bonds is 7. The molecule has 2 amide bonds. The summed E-state index contributed by atoms with van der Waals surface area (Å²) in [5.74, 6) is -1.49. The minimum atomic E-state index is -1.31. The number of anilines is 1. The van der Waals surface area contributed by atoms with Crippen LogP contribution in [0.15, 0.2) is 78.2 Å². The van der Waals surface area contributed by atoms with Gasteiger partial charge < -0.3 is 25.8 Å². The van der Waals surface area contributed by atoms with Gasteiger partial charge in [-0.1, -0.05) is 42.5 Å². The Bertz CT molecular complexity index is 2100. The highest BCUT2D eigenvalue weighted by Crippen LogP contribution is 2.43. The minimum absolute atomic E-state index is 0.0421. The third-order valence-electron chi connectivity index (χ3n) is 9.61. The van der Waals surface area contributed by atoms with Crippen LogP contribution in [0.5, 0.6) is 5.75 Å². The van der Waals surface area contributed by atoms with Crippen LogP contribution < -0.4 is 15.8 Å². The van der Waals surface area contributed by atoms with Crippen LogP contribution in [0, 0.1) is 13.8 Å². The molecule has 7 rings (SSSR count). The van der Waals surface area contributed by atoms with Crippen LogP contribution in [0.25, 0.3) is 21.6 Å². The maximum absolute atomic E-state index is 14.3. The number of carboxylic acid groups (broad SMARTS) is 1. The zero-order valence-electron chi connectivity index (χ0n) is 28.0. The van der Waals surface area contributed by atoms with Crippen molar-refractivity contribution in [1.82, 2.24) is 9.88 Å². The number of nitrogens with two attached hydrogens (primary N) is 1. The van der Waals surface area contributed by atoms with Crippen LogP contribution >= 0.6 is 11.3 Å². The van der Waals surface area contributed by atoms with E-state index in [1.165, 1.54) is 0 Å². The largest absolute Gasteiger partial charge is 0.493 e. The highest BCUT2D eigenvalue weighted by Gasteiger charge is 2.31. The Hall–Kier alpha value is -5.32. The van der Waals surface area contributed by atoms with Crippen molar-refractivity contribution in [3.05, 3.63) is 123 Å². The van der Waals surface area contributed by atoms with Crippen molar-refractivity contribution in [3.8, 4) is 27.3 Å². The summed E-state index contributed by atoms with van der Waals surface area (Å²) in [6.07, 6.45) is 3.36. The number of carbonyl (C=O) groups excluding carboxylic acids is 2. The summed E-state index contributed by atoms with van der Waals surface area (Å²) in [6.45, 7) is 5.19. The summed E-state index contributed by atoms with van der Waals surface area (Å²) in [4.78, 5) is 48.5. The Labute approximate surface area is 294 Å². The number of thiophene rings is 1. The van der Waals surface area contributed by atoms with Gasteiger partial charge in [0.2, 0.25) is 0 Å². The summed E-state index contributed by atoms with van der Waals surface area (Å²) < 4.78 is 6.20. The number of carboxylic acids is 1. The van der Waals surface area contributed by atoms with E-state index in [0.29, 0.717) is 43.1 Å². The predicted molar refractivity (Wildman–Crippen MR) is 195 cm³/mol. The maximum Gasteiger partial charge on any atom is 0.355 e. The summed E-state index contributed by atoms with van der Waals surface area (Å²) in [5, 5.41) is 15.6. The molecule has 5 aromatic rings. The number of ether oxygens (including phenoxy) is 1. The zero-order chi connectivity index (χ0) is 34.9. The second-order valence-corrected chi connectivity index (χ2v) is 13.8. The van der Waals surface area contributed by atoms with Crippen LogP contribution in [0.2, 0.25) is 0 Å². The molecule has 0 radical (unpaired) electrons. The van der Waals surface area contributed by atoms with E-state index in [9.17, 15) is 19.5 Å². The van der Waals surface area contributed by atoms with Gasteiger partial charge in [0.15, 0.2) is 5.69 Å². The number of hydrogen-bond donors (Lipinski definition) is 3. The smallest absolute Gasteiger partial charge is 0.355 e. The van der Waals surface area contributed by atoms with E-state index < -0.39 is 11.9 Å². The number of amides is 2. The van der Waals surface area contributed by atoms with Crippen LogP contribution in [-0.2, 0) is 13.0 Å². The summed E-state index contributed by atoms with van der Waals surface area (Å²) in [7, 11) is 0. The molecule has 10 heteroatoms. The molecule has 4 heterocycles. The number of nitrogens with zero attached hydrogens (tertiary/aromatic N) is 2. The van der Waals surface area contributed by atoms with Crippen LogP contribution in [0.4, 0.5) is 5.69 Å². The molecule has 2 aliphatic rings. The number of aromatic carboxylic acids is 1. The molecule has 2 aromatic heterocycles. The molecule has 0 unspecified atom stereocenters. The lowest BCUT2D eigenvalue weighted by Crippen LogP contribution is -2.39. The minimum Gasteiger partial charge on any atom is -0.493 e. The number of pyridine rings is 1. The van der Waals surface area contributed by atoms with Crippen molar-refractivity contribution in [3.63, 3.8) is 0 Å². The van der Waals surface area contributed by atoms with Gasteiger partial charge in [0.25, 0.3) is 11.8 Å². The normalized spacial score (nSPS) is 15.3. The molecule has 50 heavy (non-hydrogen) atoms. The van der Waals surface area contributed by atoms with E-state index in [1.807, 2.05) is 61.7 Å². The van der Waals surface area contributed by atoms with Gasteiger partial charge in [0, 0.05) is 52.3 Å². The molecule has 0 aliphatic carbocycles. The quantitative estimate of drug-likeness (QED) is 0.159. The molecular formula is C40H38N4O5S. The Morgan fingerprint density at radius 3 is 2.50 bits per heavy atom. The van der Waals surface area contributed by atoms with E-state index in [2.05, 4.69) is 16.4 Å². The van der Waals surface area contributed by atoms with E-state index in [0.717, 1.165) is 57.5 Å². The summed E-state index contributed by atoms with van der Waals surface area (Å²) in [6, 6.07) is 22.4. The van der Waals surface area contributed by atoms with Crippen molar-refractivity contribution in [2.75, 3.05) is 18.5 Å². The number of aromatic nitrogens is 1. The van der Waals surface area contributed by atoms with Crippen molar-refractivity contribution >= 4 is 34.8 Å². The second kappa shape index (κ2) is 13.9. The highest BCUT2D eigenvalue weighted by atomic mass is 32.1. The number of hydrogen-bond acceptors (Lipinski definition) is 7. The fourth-order valence-electron chi connectivity index (χ4n) is 7.18. The highest BCUT2D eigenvalue weighted by molar-refractivity contribution is 7.13. The van der Waals surface area contributed by atoms with Gasteiger partial charge in [0.1, 0.15) is 11.4 Å². The van der Waals surface area contributed by atoms with Crippen molar-refractivity contribution < 1.29 is 24.2 Å². The standard InChI is InChI=1S/C40H38N4O5S/c1-23-18-25(22-41)19-24(2)35(23)43-38(45)30-20-31-34(49-16-13-27-14-17-50-37(27)31)21-29(30)28-11-12-32(42-36(28)40(47)48)39(46)44-15-7-6-10-33(44)26-8-4-3-5-9-26/h3-5,8-9,11-12,14,17-21,33H,6-7,10,13,15-16,22,41H2,1-2H3,(H,43,45)(H,47,48)/t33-/m0/s1. The first kappa shape index (κ1) is 33.2. The maximum atomic E-state index is 14.3. The number of fused-ring (bicyclic) bond motifs is 3. The molecule has 9 nitrogen and oxygen atoms in total. The van der Waals surface area contributed by atoms with Crippen LogP contribution in [-0.4, -0.2) is 45.9 Å². The number of aryl methyl sites for hydroxylation is 2. The topological polar surface area (TPSA) is 135 Å². The number of benzene rings is 3. The average molecular weight is 687 g/mol. The molecule has 0 bridgehead atoms. The Morgan fingerprint density at radius 1 is 0.980 bits per heavy atom. The Balaban J connectivity index is 1.33. The van der Waals surface area contributed by atoms with Gasteiger partial charge in [-0.3, -0.25) is 9.59 Å². The number of piperidine rings is 1. The lowest BCUT2D eigenvalue weighted by atomic mass is 9.93. The molecule has 1 fully saturated rings. The predicted octanol–water partition coefficient (Wildman–Crippen LogP) is 7.81. The fraction of sp³-hybridized carbons (Fsp3) is 0.250. The first-order chi connectivity index (χ1) is 24.2. The van der Waals surface area contributed by atoms with Crippen molar-refractivity contribution in [2.24, 2.45) is 5.73 Å². The number of likely N-dealkylation sites (tertiary alicyclic amines) is 1. The SMILES string of the molecule is Cc1cc(CN)cc(C)c1NC(=O)c1cc2c(cc1-c1ccc(C(=O)N3CCCC[C@H]3c3ccccc3)nc1C(=O)O)OCCc1ccsc1-2. The molecule has 2 aliphatic heterocycles. The van der Waals surface area contributed by atoms with Crippen molar-refractivity contribution in [2.45, 2.75) is 52.1 Å². The molecule has 254 valence electrons. The van der Waals surface area contributed by atoms with Crippen LogP contribution in [0.1, 0.15) is 84.5 Å². The molecule has 3 aromatic carbocycles. The second-order valence-electron chi connectivity index (χ2n) is 12.8. The molecule has 1 atom stereocenters. The first-order valence-corrected chi connectivity index (χ1v) is 17.7. The molecule has 4 N–H and O–H groups in total. The van der Waals surface area contributed by atoms with Crippen LogP contribution in [0.3, 0.4) is 0 Å². The van der Waals surface area contributed by atoms with Gasteiger partial charge in [-0.15, -0.1) is 11.3 Å². The molecular weight excluding hydrogens is 649 g/mol. The monoisotopic (exact) mass is 686 g/mol. The third kappa shape index (κ3) is 6.28. The average Bonchev–Trinajstić information content (AvgIpc) is 3.53. The van der Waals surface area contributed by atoms with E-state index >= 15 is 0 Å². The van der Waals surface area contributed by atoms with Crippen molar-refractivity contribution in [1.29, 1.82) is 0 Å². The fourth-order valence-corrected chi connectivity index (χ4v) is 8.15. The lowest BCUT2D eigenvalue weighted by Gasteiger charge is -2.36. The zero-order valence-corrected chi connectivity index (χ0v) is 28.8. The number of nitrogens with one attached hydrogen (secondary N) is 1. The molecule has 0 saturated carbocycles. The Morgan fingerprint density at radius 2 is 1.76 bits per heavy atom. The van der Waals surface area contributed by atoms with E-state index in [-0.39, 0.29) is 34.5 Å². The van der Waals surface area contributed by atoms with Gasteiger partial charge in [-0.25, -0.2) is 9.78 Å². The molecule has 1 saturated heterocycles. The van der Waals surface area contributed by atoms with Gasteiger partial charge >= 0.3 is 5.97 Å². The molecule has 0 spiro atoms. The Kier molecular flexibility index (Phi) is 9.22. The summed E-state index contributed by atoms with van der Waals surface area (Å²) >= 11 is 1.57. The lowest BCUT2D eigenvalue weighted by molar-refractivity contribution is 0.0604. The third-order valence-corrected chi connectivity index (χ3v) is 10.6. The van der Waals surface area contributed by atoms with Gasteiger partial charge in [-0.2, -0.15) is 0 Å². The summed E-state index contributed by atoms with van der Waals surface area (Å²) in [5.41, 5.74) is 12.7. The van der Waals surface area contributed by atoms with E-state index in [4.69, 9.17) is 10.5 Å². The van der Waals surface area contributed by atoms with Gasteiger partial charge in [-0.05, 0) is 96.6 Å². The first-order valence-electron chi connectivity index (χ1n) is 16.8. The number of carbonyl (C=O) groups is 3.